The van der Waals surface area contributed by atoms with Crippen LogP contribution in [0.2, 0.25) is 0 Å². The fraction of sp³-hybridized carbons (Fsp3) is 0.219. The molecule has 0 bridgehead atoms. The molecule has 210 valence electrons. The fourth-order valence-corrected chi connectivity index (χ4v) is 5.68. The third-order valence-electron chi connectivity index (χ3n) is 6.51. The maximum Gasteiger partial charge on any atom is 0.338 e. The molecule has 0 saturated carbocycles. The summed E-state index contributed by atoms with van der Waals surface area (Å²) in [6.07, 6.45) is 1.78. The molecule has 41 heavy (non-hydrogen) atoms. The number of benzene rings is 3. The van der Waals surface area contributed by atoms with E-state index < -0.39 is 12.0 Å². The molecule has 0 N–H and O–H groups in total. The molecule has 3 aromatic carbocycles. The van der Waals surface area contributed by atoms with E-state index in [9.17, 15) is 14.0 Å². The number of hydrogen-bond donors (Lipinski definition) is 0. The highest BCUT2D eigenvalue weighted by molar-refractivity contribution is 7.07. The number of carbonyl (C=O) groups is 1. The molecule has 1 atom stereocenters. The summed E-state index contributed by atoms with van der Waals surface area (Å²) in [6, 6.07) is 20.3. The summed E-state index contributed by atoms with van der Waals surface area (Å²) in [7, 11) is 0. The zero-order valence-electron chi connectivity index (χ0n) is 22.9. The molecule has 1 unspecified atom stereocenters. The van der Waals surface area contributed by atoms with Crippen LogP contribution in [0.1, 0.15) is 43.5 Å². The van der Waals surface area contributed by atoms with Gasteiger partial charge in [0.05, 0.1) is 35.1 Å². The van der Waals surface area contributed by atoms with Gasteiger partial charge in [0.25, 0.3) is 5.56 Å². The number of hydrogen-bond acceptors (Lipinski definition) is 7. The van der Waals surface area contributed by atoms with Crippen molar-refractivity contribution in [2.75, 3.05) is 13.2 Å². The van der Waals surface area contributed by atoms with Crippen LogP contribution in [0.15, 0.2) is 93.9 Å². The molecule has 1 aliphatic rings. The maximum atomic E-state index is 13.8. The van der Waals surface area contributed by atoms with Gasteiger partial charge in [-0.05, 0) is 67.8 Å². The first-order valence-corrected chi connectivity index (χ1v) is 14.1. The largest absolute Gasteiger partial charge is 0.490 e. The topological polar surface area (TPSA) is 79.1 Å². The summed E-state index contributed by atoms with van der Waals surface area (Å²) >= 11 is 1.26. The Hall–Kier alpha value is -4.50. The van der Waals surface area contributed by atoms with Crippen molar-refractivity contribution in [3.8, 4) is 11.5 Å². The number of nitrogens with zero attached hydrogens (tertiary/aromatic N) is 2. The van der Waals surface area contributed by atoms with Crippen molar-refractivity contribution in [2.45, 2.75) is 33.4 Å². The lowest BCUT2D eigenvalue weighted by molar-refractivity contribution is -0.139. The summed E-state index contributed by atoms with van der Waals surface area (Å²) < 4.78 is 32.4. The van der Waals surface area contributed by atoms with E-state index in [-0.39, 0.29) is 24.6 Å². The Morgan fingerprint density at radius 1 is 1.00 bits per heavy atom. The van der Waals surface area contributed by atoms with Crippen molar-refractivity contribution in [3.05, 3.63) is 126 Å². The van der Waals surface area contributed by atoms with Crippen molar-refractivity contribution < 1.29 is 23.4 Å². The van der Waals surface area contributed by atoms with Crippen LogP contribution in [-0.2, 0) is 16.1 Å². The Balaban J connectivity index is 1.53. The van der Waals surface area contributed by atoms with Crippen LogP contribution in [0.25, 0.3) is 6.08 Å². The second-order valence-corrected chi connectivity index (χ2v) is 10.3. The average Bonchev–Trinajstić information content (AvgIpc) is 3.27. The Bertz CT molecular complexity index is 1780. The van der Waals surface area contributed by atoms with Gasteiger partial charge in [-0.2, -0.15) is 0 Å². The number of allylic oxidation sites excluding steroid dienone is 1. The molecule has 7 nitrogen and oxygen atoms in total. The van der Waals surface area contributed by atoms with Gasteiger partial charge < -0.3 is 14.2 Å². The van der Waals surface area contributed by atoms with Crippen molar-refractivity contribution in [1.29, 1.82) is 0 Å². The van der Waals surface area contributed by atoms with Crippen LogP contribution in [0.3, 0.4) is 0 Å². The lowest BCUT2D eigenvalue weighted by atomic mass is 9.96. The normalized spacial score (nSPS) is 14.8. The smallest absolute Gasteiger partial charge is 0.338 e. The number of fused-ring (bicyclic) bond motifs is 1. The predicted molar refractivity (Wildman–Crippen MR) is 155 cm³/mol. The molecule has 1 aromatic heterocycles. The molecular weight excluding hydrogens is 543 g/mol. The Labute approximate surface area is 240 Å². The minimum atomic E-state index is -0.658. The van der Waals surface area contributed by atoms with E-state index in [4.69, 9.17) is 14.2 Å². The standard InChI is InChI=1S/C32H29FN2O5S/c1-4-38-26-17-22(13-16-25(26)40-19-21-11-14-24(33)15-12-21)18-27-30(36)35-29(23-9-7-6-8-10-23)28(31(37)39-5-2)20(3)34-32(35)41-27/h6-18,29H,4-5,19H2,1-3H3/b27-18+. The number of halogens is 1. The van der Waals surface area contributed by atoms with E-state index in [1.165, 1.54) is 23.5 Å². The average molecular weight is 573 g/mol. The van der Waals surface area contributed by atoms with E-state index in [1.54, 1.807) is 42.7 Å². The first-order chi connectivity index (χ1) is 19.9. The van der Waals surface area contributed by atoms with Crippen molar-refractivity contribution in [3.63, 3.8) is 0 Å². The lowest BCUT2D eigenvalue weighted by Gasteiger charge is -2.24. The van der Waals surface area contributed by atoms with Gasteiger partial charge in [-0.3, -0.25) is 9.36 Å². The summed E-state index contributed by atoms with van der Waals surface area (Å²) in [5, 5.41) is 0. The molecule has 0 fully saturated rings. The Kier molecular flexibility index (Phi) is 8.45. The second kappa shape index (κ2) is 12.3. The van der Waals surface area contributed by atoms with E-state index in [0.717, 1.165) is 16.7 Å². The van der Waals surface area contributed by atoms with E-state index in [0.29, 0.717) is 38.7 Å². The van der Waals surface area contributed by atoms with Crippen molar-refractivity contribution in [1.82, 2.24) is 4.57 Å². The summed E-state index contributed by atoms with van der Waals surface area (Å²) in [4.78, 5) is 31.9. The van der Waals surface area contributed by atoms with Gasteiger partial charge >= 0.3 is 5.97 Å². The molecular formula is C32H29FN2O5S. The van der Waals surface area contributed by atoms with Gasteiger partial charge in [0, 0.05) is 0 Å². The number of carbonyl (C=O) groups excluding carboxylic acids is 1. The molecule has 9 heteroatoms. The number of thiazole rings is 1. The van der Waals surface area contributed by atoms with Crippen LogP contribution in [-0.4, -0.2) is 23.8 Å². The predicted octanol–water partition coefficient (Wildman–Crippen LogP) is 4.92. The van der Waals surface area contributed by atoms with Crippen LogP contribution in [0.5, 0.6) is 11.5 Å². The molecule has 5 rings (SSSR count). The van der Waals surface area contributed by atoms with Crippen LogP contribution in [0, 0.1) is 5.82 Å². The van der Waals surface area contributed by atoms with E-state index >= 15 is 0 Å². The molecule has 1 aliphatic heterocycles. The second-order valence-electron chi connectivity index (χ2n) is 9.27. The van der Waals surface area contributed by atoms with Gasteiger partial charge in [-0.1, -0.05) is 59.9 Å². The molecule has 0 saturated heterocycles. The minimum Gasteiger partial charge on any atom is -0.490 e. The lowest BCUT2D eigenvalue weighted by Crippen LogP contribution is -2.39. The number of rotatable bonds is 9. The maximum absolute atomic E-state index is 13.8. The van der Waals surface area contributed by atoms with Gasteiger partial charge in [-0.15, -0.1) is 0 Å². The molecule has 0 spiro atoms. The number of aromatic nitrogens is 1. The SMILES string of the molecule is CCOC(=O)C1=C(C)N=c2s/c(=C/c3ccc(OCc4ccc(F)cc4)c(OCC)c3)c(=O)n2C1c1ccccc1. The quantitative estimate of drug-likeness (QED) is 0.266. The van der Waals surface area contributed by atoms with Gasteiger partial charge in [0.2, 0.25) is 0 Å². The minimum absolute atomic E-state index is 0.216. The highest BCUT2D eigenvalue weighted by Crippen LogP contribution is 2.31. The van der Waals surface area contributed by atoms with Crippen LogP contribution >= 0.6 is 11.3 Å². The third-order valence-corrected chi connectivity index (χ3v) is 7.49. The Morgan fingerprint density at radius 3 is 2.46 bits per heavy atom. The molecule has 4 aromatic rings. The van der Waals surface area contributed by atoms with Gasteiger partial charge in [0.15, 0.2) is 16.3 Å². The highest BCUT2D eigenvalue weighted by atomic mass is 32.1. The molecule has 0 amide bonds. The van der Waals surface area contributed by atoms with Gasteiger partial charge in [-0.25, -0.2) is 14.2 Å². The highest BCUT2D eigenvalue weighted by Gasteiger charge is 2.33. The summed E-state index contributed by atoms with van der Waals surface area (Å²) in [6.45, 7) is 6.27. The van der Waals surface area contributed by atoms with Crippen LogP contribution in [0.4, 0.5) is 4.39 Å². The number of esters is 1. The number of ether oxygens (including phenoxy) is 3. The monoisotopic (exact) mass is 572 g/mol. The van der Waals surface area contributed by atoms with E-state index in [1.807, 2.05) is 49.4 Å². The Morgan fingerprint density at radius 2 is 1.76 bits per heavy atom. The van der Waals surface area contributed by atoms with E-state index in [2.05, 4.69) is 4.99 Å². The fourth-order valence-electron chi connectivity index (χ4n) is 4.64. The molecule has 2 heterocycles. The summed E-state index contributed by atoms with van der Waals surface area (Å²) in [5.74, 6) is 0.266. The zero-order valence-corrected chi connectivity index (χ0v) is 23.7. The zero-order chi connectivity index (χ0) is 28.9. The third kappa shape index (κ3) is 6.00. The van der Waals surface area contributed by atoms with Gasteiger partial charge in [0.1, 0.15) is 12.4 Å². The molecule has 0 aliphatic carbocycles. The van der Waals surface area contributed by atoms with Crippen molar-refractivity contribution >= 4 is 23.4 Å². The van der Waals surface area contributed by atoms with Crippen LogP contribution < -0.4 is 24.4 Å². The molecule has 0 radical (unpaired) electrons. The summed E-state index contributed by atoms with van der Waals surface area (Å²) in [5.41, 5.74) is 2.96. The van der Waals surface area contributed by atoms with Crippen molar-refractivity contribution in [2.24, 2.45) is 4.99 Å². The first kappa shape index (κ1) is 28.0. The first-order valence-electron chi connectivity index (χ1n) is 13.3.